The van der Waals surface area contributed by atoms with Crippen molar-refractivity contribution in [1.29, 1.82) is 0 Å². The van der Waals surface area contributed by atoms with Crippen molar-refractivity contribution in [3.05, 3.63) is 34.4 Å². The van der Waals surface area contributed by atoms with E-state index in [1.165, 1.54) is 16.5 Å². The summed E-state index contributed by atoms with van der Waals surface area (Å²) in [5.74, 6) is 0. The Bertz CT molecular complexity index is 460. The van der Waals surface area contributed by atoms with Crippen molar-refractivity contribution in [3.63, 3.8) is 0 Å². The van der Waals surface area contributed by atoms with E-state index in [9.17, 15) is 0 Å². The lowest BCUT2D eigenvalue weighted by Crippen LogP contribution is -2.15. The first-order valence-corrected chi connectivity index (χ1v) is 5.97. The zero-order chi connectivity index (χ0) is 10.8. The first-order valence-electron chi connectivity index (χ1n) is 5.18. The van der Waals surface area contributed by atoms with Crippen LogP contribution < -0.4 is 5.73 Å². The van der Waals surface area contributed by atoms with Gasteiger partial charge in [0.2, 0.25) is 0 Å². The number of hydrogen-bond acceptors (Lipinski definition) is 1. The molecule has 0 radical (unpaired) electrons. The SMILES string of the molecule is CC(N)CCc1c[nH]c2ccc(Br)cc12. The summed E-state index contributed by atoms with van der Waals surface area (Å²) in [5, 5.41) is 1.30. The third-order valence-electron chi connectivity index (χ3n) is 2.60. The van der Waals surface area contributed by atoms with Gasteiger partial charge in [0.1, 0.15) is 0 Å². The van der Waals surface area contributed by atoms with E-state index in [4.69, 9.17) is 5.73 Å². The van der Waals surface area contributed by atoms with Crippen LogP contribution in [0.1, 0.15) is 18.9 Å². The van der Waals surface area contributed by atoms with Crippen LogP contribution in [-0.2, 0) is 6.42 Å². The number of H-pyrrole nitrogens is 1. The quantitative estimate of drug-likeness (QED) is 0.880. The molecule has 1 atom stereocenters. The molecule has 0 spiro atoms. The van der Waals surface area contributed by atoms with Gasteiger partial charge in [0.15, 0.2) is 0 Å². The molecule has 0 amide bonds. The van der Waals surface area contributed by atoms with Crippen LogP contribution in [0.25, 0.3) is 10.9 Å². The first kappa shape index (κ1) is 10.7. The molecule has 1 aromatic carbocycles. The summed E-state index contributed by atoms with van der Waals surface area (Å²) in [5.41, 5.74) is 8.31. The minimum atomic E-state index is 0.266. The minimum Gasteiger partial charge on any atom is -0.361 e. The average molecular weight is 267 g/mol. The zero-order valence-electron chi connectivity index (χ0n) is 8.76. The van der Waals surface area contributed by atoms with E-state index < -0.39 is 0 Å². The number of rotatable bonds is 3. The highest BCUT2D eigenvalue weighted by atomic mass is 79.9. The highest BCUT2D eigenvalue weighted by molar-refractivity contribution is 9.10. The van der Waals surface area contributed by atoms with Crippen molar-refractivity contribution in [2.24, 2.45) is 5.73 Å². The van der Waals surface area contributed by atoms with Gasteiger partial charge in [-0.05, 0) is 43.5 Å². The monoisotopic (exact) mass is 266 g/mol. The third-order valence-corrected chi connectivity index (χ3v) is 3.09. The first-order chi connectivity index (χ1) is 7.16. The van der Waals surface area contributed by atoms with Crippen molar-refractivity contribution in [3.8, 4) is 0 Å². The van der Waals surface area contributed by atoms with Crippen LogP contribution in [0.3, 0.4) is 0 Å². The molecule has 1 unspecified atom stereocenters. The lowest BCUT2D eigenvalue weighted by atomic mass is 10.1. The molecule has 2 rings (SSSR count). The van der Waals surface area contributed by atoms with Crippen molar-refractivity contribution < 1.29 is 0 Å². The number of halogens is 1. The molecular weight excluding hydrogens is 252 g/mol. The number of fused-ring (bicyclic) bond motifs is 1. The van der Waals surface area contributed by atoms with Gasteiger partial charge in [0, 0.05) is 27.6 Å². The van der Waals surface area contributed by atoms with Crippen LogP contribution in [0.4, 0.5) is 0 Å². The van der Waals surface area contributed by atoms with E-state index in [1.807, 2.05) is 13.0 Å². The Labute approximate surface area is 98.0 Å². The van der Waals surface area contributed by atoms with Crippen LogP contribution >= 0.6 is 15.9 Å². The van der Waals surface area contributed by atoms with Crippen molar-refractivity contribution >= 4 is 26.8 Å². The summed E-state index contributed by atoms with van der Waals surface area (Å²) in [6.07, 6.45) is 4.15. The molecule has 15 heavy (non-hydrogen) atoms. The molecule has 2 aromatic rings. The fraction of sp³-hybridized carbons (Fsp3) is 0.333. The molecule has 0 saturated heterocycles. The zero-order valence-corrected chi connectivity index (χ0v) is 10.3. The van der Waals surface area contributed by atoms with E-state index in [-0.39, 0.29) is 6.04 Å². The Balaban J connectivity index is 2.31. The van der Waals surface area contributed by atoms with Crippen molar-refractivity contribution in [1.82, 2.24) is 4.98 Å². The predicted molar refractivity (Wildman–Crippen MR) is 68.0 cm³/mol. The summed E-state index contributed by atoms with van der Waals surface area (Å²) in [7, 11) is 0. The van der Waals surface area contributed by atoms with E-state index >= 15 is 0 Å². The summed E-state index contributed by atoms with van der Waals surface area (Å²) in [6, 6.07) is 6.56. The number of hydrogen-bond donors (Lipinski definition) is 2. The van der Waals surface area contributed by atoms with Crippen LogP contribution in [0.2, 0.25) is 0 Å². The Kier molecular flexibility index (Phi) is 3.12. The molecule has 0 saturated carbocycles. The molecule has 2 nitrogen and oxygen atoms in total. The number of nitrogens with one attached hydrogen (secondary N) is 1. The summed E-state index contributed by atoms with van der Waals surface area (Å²) < 4.78 is 1.12. The molecule has 1 aromatic heterocycles. The van der Waals surface area contributed by atoms with E-state index in [2.05, 4.69) is 39.2 Å². The average Bonchev–Trinajstić information content (AvgIpc) is 2.57. The maximum Gasteiger partial charge on any atom is 0.0457 e. The van der Waals surface area contributed by atoms with Crippen molar-refractivity contribution in [2.75, 3.05) is 0 Å². The van der Waals surface area contributed by atoms with Crippen molar-refractivity contribution in [2.45, 2.75) is 25.8 Å². The third kappa shape index (κ3) is 2.41. The van der Waals surface area contributed by atoms with Gasteiger partial charge in [0.05, 0.1) is 0 Å². The highest BCUT2D eigenvalue weighted by Gasteiger charge is 2.04. The molecule has 0 aliphatic carbocycles. The number of aryl methyl sites for hydroxylation is 1. The van der Waals surface area contributed by atoms with Gasteiger partial charge in [0.25, 0.3) is 0 Å². The normalized spacial score (nSPS) is 13.3. The Hall–Kier alpha value is -0.800. The summed E-state index contributed by atoms with van der Waals surface area (Å²) in [6.45, 7) is 2.05. The smallest absolute Gasteiger partial charge is 0.0457 e. The second-order valence-electron chi connectivity index (χ2n) is 4.02. The molecule has 1 heterocycles. The van der Waals surface area contributed by atoms with Gasteiger partial charge >= 0.3 is 0 Å². The fourth-order valence-corrected chi connectivity index (χ4v) is 2.10. The second kappa shape index (κ2) is 4.37. The molecule has 0 aliphatic rings. The largest absolute Gasteiger partial charge is 0.361 e. The van der Waals surface area contributed by atoms with Gasteiger partial charge in [-0.1, -0.05) is 15.9 Å². The van der Waals surface area contributed by atoms with E-state index in [1.54, 1.807) is 0 Å². The van der Waals surface area contributed by atoms with Crippen LogP contribution in [0.5, 0.6) is 0 Å². The van der Waals surface area contributed by atoms with Gasteiger partial charge in [-0.3, -0.25) is 0 Å². The molecule has 0 aliphatic heterocycles. The highest BCUT2D eigenvalue weighted by Crippen LogP contribution is 2.23. The number of benzene rings is 1. The Morgan fingerprint density at radius 2 is 2.27 bits per heavy atom. The lowest BCUT2D eigenvalue weighted by Gasteiger charge is -2.03. The molecule has 3 N–H and O–H groups in total. The number of aromatic nitrogens is 1. The molecular formula is C12H15BrN2. The van der Waals surface area contributed by atoms with Gasteiger partial charge in [-0.2, -0.15) is 0 Å². The predicted octanol–water partition coefficient (Wildman–Crippen LogP) is 3.21. The van der Waals surface area contributed by atoms with Crippen LogP contribution in [0.15, 0.2) is 28.9 Å². The van der Waals surface area contributed by atoms with Gasteiger partial charge < -0.3 is 10.7 Å². The van der Waals surface area contributed by atoms with Gasteiger partial charge in [-0.15, -0.1) is 0 Å². The Morgan fingerprint density at radius 1 is 1.47 bits per heavy atom. The number of nitrogens with two attached hydrogens (primary N) is 1. The van der Waals surface area contributed by atoms with E-state index in [0.717, 1.165) is 17.3 Å². The van der Waals surface area contributed by atoms with Gasteiger partial charge in [-0.25, -0.2) is 0 Å². The summed E-state index contributed by atoms with van der Waals surface area (Å²) in [4.78, 5) is 3.28. The molecule has 0 fully saturated rings. The maximum atomic E-state index is 5.76. The molecule has 0 bridgehead atoms. The molecule has 3 heteroatoms. The second-order valence-corrected chi connectivity index (χ2v) is 4.94. The van der Waals surface area contributed by atoms with E-state index in [0.29, 0.717) is 0 Å². The summed E-state index contributed by atoms with van der Waals surface area (Å²) >= 11 is 3.49. The fourth-order valence-electron chi connectivity index (χ4n) is 1.74. The standard InChI is InChI=1S/C12H15BrN2/c1-8(14)2-3-9-7-15-12-5-4-10(13)6-11(9)12/h4-8,15H,2-3,14H2,1H3. The Morgan fingerprint density at radius 3 is 3.00 bits per heavy atom. The topological polar surface area (TPSA) is 41.8 Å². The minimum absolute atomic E-state index is 0.266. The van der Waals surface area contributed by atoms with Crippen LogP contribution in [0, 0.1) is 0 Å². The molecule has 80 valence electrons. The maximum absolute atomic E-state index is 5.76. The lowest BCUT2D eigenvalue weighted by molar-refractivity contribution is 0.668. The van der Waals surface area contributed by atoms with Crippen LogP contribution in [-0.4, -0.2) is 11.0 Å². The number of aromatic amines is 1.